The predicted octanol–water partition coefficient (Wildman–Crippen LogP) is 4.74. The largest absolute Gasteiger partial charge is 0.484 e. The molecule has 0 radical (unpaired) electrons. The van der Waals surface area contributed by atoms with Crippen LogP contribution in [0.15, 0.2) is 59.1 Å². The molecule has 1 aliphatic carbocycles. The van der Waals surface area contributed by atoms with Crippen LogP contribution in [0.1, 0.15) is 44.6 Å². The lowest BCUT2D eigenvalue weighted by atomic mass is 9.95. The summed E-state index contributed by atoms with van der Waals surface area (Å²) in [6.45, 7) is 2.17. The third-order valence-corrected chi connectivity index (χ3v) is 6.31. The van der Waals surface area contributed by atoms with Gasteiger partial charge in [0.2, 0.25) is 5.91 Å². The minimum Gasteiger partial charge on any atom is -0.484 e. The number of nitrogens with zero attached hydrogens (tertiary/aromatic N) is 1. The van der Waals surface area contributed by atoms with E-state index in [4.69, 9.17) is 4.74 Å². The average molecular weight is 487 g/mol. The summed E-state index contributed by atoms with van der Waals surface area (Å²) in [5.41, 5.74) is 1.13. The van der Waals surface area contributed by atoms with Gasteiger partial charge >= 0.3 is 0 Å². The average Bonchev–Trinajstić information content (AvgIpc) is 2.80. The minimum atomic E-state index is -0.549. The van der Waals surface area contributed by atoms with E-state index >= 15 is 0 Å². The van der Waals surface area contributed by atoms with Crippen molar-refractivity contribution in [1.29, 1.82) is 0 Å². The van der Waals surface area contributed by atoms with E-state index in [9.17, 15) is 9.59 Å². The van der Waals surface area contributed by atoms with Gasteiger partial charge < -0.3 is 15.0 Å². The maximum Gasteiger partial charge on any atom is 0.261 e. The Morgan fingerprint density at radius 2 is 1.74 bits per heavy atom. The molecule has 1 N–H and O–H groups in total. The molecular weight excluding hydrogens is 456 g/mol. The van der Waals surface area contributed by atoms with Gasteiger partial charge in [0.25, 0.3) is 5.91 Å². The Bertz CT molecular complexity index is 836. The van der Waals surface area contributed by atoms with Crippen molar-refractivity contribution in [3.8, 4) is 5.75 Å². The molecule has 166 valence electrons. The van der Waals surface area contributed by atoms with Crippen molar-refractivity contribution in [2.45, 2.75) is 57.5 Å². The Balaban J connectivity index is 1.63. The Labute approximate surface area is 193 Å². The third kappa shape index (κ3) is 7.39. The van der Waals surface area contributed by atoms with E-state index in [0.717, 1.165) is 35.7 Å². The van der Waals surface area contributed by atoms with Crippen molar-refractivity contribution in [3.63, 3.8) is 0 Å². The molecule has 1 saturated carbocycles. The number of ether oxygens (including phenoxy) is 1. The van der Waals surface area contributed by atoms with Gasteiger partial charge in [0.15, 0.2) is 6.61 Å². The normalized spacial score (nSPS) is 15.2. The predicted molar refractivity (Wildman–Crippen MR) is 126 cm³/mol. The summed E-state index contributed by atoms with van der Waals surface area (Å²) in [6, 6.07) is 17.0. The van der Waals surface area contributed by atoms with Gasteiger partial charge in [-0.3, -0.25) is 9.59 Å². The molecule has 1 aliphatic rings. The lowest BCUT2D eigenvalue weighted by Crippen LogP contribution is -2.52. The summed E-state index contributed by atoms with van der Waals surface area (Å²) >= 11 is 3.39. The fourth-order valence-electron chi connectivity index (χ4n) is 3.90. The van der Waals surface area contributed by atoms with Crippen LogP contribution in [0.25, 0.3) is 0 Å². The molecule has 0 bridgehead atoms. The van der Waals surface area contributed by atoms with Gasteiger partial charge in [-0.25, -0.2) is 0 Å². The molecule has 6 heteroatoms. The second kappa shape index (κ2) is 11.9. The van der Waals surface area contributed by atoms with E-state index in [1.54, 1.807) is 11.8 Å². The maximum atomic E-state index is 13.1. The highest BCUT2D eigenvalue weighted by Crippen LogP contribution is 2.19. The van der Waals surface area contributed by atoms with Crippen molar-refractivity contribution in [2.75, 3.05) is 13.2 Å². The number of nitrogens with one attached hydrogen (secondary N) is 1. The van der Waals surface area contributed by atoms with E-state index in [-0.39, 0.29) is 24.5 Å². The summed E-state index contributed by atoms with van der Waals surface area (Å²) in [5.74, 6) is 0.348. The quantitative estimate of drug-likeness (QED) is 0.556. The first kappa shape index (κ1) is 23.3. The summed E-state index contributed by atoms with van der Waals surface area (Å²) in [7, 11) is 0. The van der Waals surface area contributed by atoms with E-state index in [1.165, 1.54) is 6.42 Å². The minimum absolute atomic E-state index is 0.0862. The molecule has 2 amide bonds. The van der Waals surface area contributed by atoms with Gasteiger partial charge in [0.1, 0.15) is 11.8 Å². The summed E-state index contributed by atoms with van der Waals surface area (Å²) in [6.07, 6.45) is 6.25. The highest BCUT2D eigenvalue weighted by Gasteiger charge is 2.28. The van der Waals surface area contributed by atoms with Crippen LogP contribution in [0.3, 0.4) is 0 Å². The number of hydrogen-bond donors (Lipinski definition) is 1. The highest BCUT2D eigenvalue weighted by molar-refractivity contribution is 9.10. The van der Waals surface area contributed by atoms with Gasteiger partial charge in [-0.2, -0.15) is 0 Å². The molecule has 0 unspecified atom stereocenters. The molecule has 2 aromatic carbocycles. The summed E-state index contributed by atoms with van der Waals surface area (Å²) in [4.78, 5) is 27.6. The van der Waals surface area contributed by atoms with E-state index in [0.29, 0.717) is 18.7 Å². The smallest absolute Gasteiger partial charge is 0.261 e. The molecular formula is C25H31BrN2O3. The van der Waals surface area contributed by atoms with Crippen LogP contribution in [0.5, 0.6) is 5.75 Å². The van der Waals surface area contributed by atoms with Gasteiger partial charge in [-0.1, -0.05) is 65.5 Å². The molecule has 5 nitrogen and oxygen atoms in total. The molecule has 0 saturated heterocycles. The molecule has 0 aliphatic heterocycles. The standard InChI is InChI=1S/C25H31BrN2O3/c1-19(25(30)27-22-10-6-3-7-11-22)28(17-16-20-8-4-2-5-9-20)24(29)18-31-23-14-12-21(26)13-15-23/h2,4-5,8-9,12-15,19,22H,3,6-7,10-11,16-18H2,1H3,(H,27,30)/t19-/m0/s1. The number of rotatable bonds is 9. The SMILES string of the molecule is C[C@@H](C(=O)NC1CCCCC1)N(CCc1ccccc1)C(=O)COc1ccc(Br)cc1. The fourth-order valence-corrected chi connectivity index (χ4v) is 4.16. The van der Waals surface area contributed by atoms with E-state index in [1.807, 2.05) is 54.6 Å². The van der Waals surface area contributed by atoms with Crippen LogP contribution in [-0.2, 0) is 16.0 Å². The number of carbonyl (C=O) groups excluding carboxylic acids is 2. The van der Waals surface area contributed by atoms with Crippen LogP contribution >= 0.6 is 15.9 Å². The van der Waals surface area contributed by atoms with Gasteiger partial charge in [-0.15, -0.1) is 0 Å². The van der Waals surface area contributed by atoms with Gasteiger partial charge in [0.05, 0.1) is 0 Å². The Morgan fingerprint density at radius 3 is 2.42 bits per heavy atom. The second-order valence-electron chi connectivity index (χ2n) is 8.08. The zero-order valence-electron chi connectivity index (χ0n) is 18.1. The number of carbonyl (C=O) groups is 2. The first-order valence-electron chi connectivity index (χ1n) is 11.0. The maximum absolute atomic E-state index is 13.1. The number of benzene rings is 2. The van der Waals surface area contributed by atoms with E-state index < -0.39 is 6.04 Å². The van der Waals surface area contributed by atoms with Crippen LogP contribution in [0, 0.1) is 0 Å². The Morgan fingerprint density at radius 1 is 1.06 bits per heavy atom. The lowest BCUT2D eigenvalue weighted by molar-refractivity contribution is -0.141. The molecule has 3 rings (SSSR count). The van der Waals surface area contributed by atoms with Crippen molar-refractivity contribution in [1.82, 2.24) is 10.2 Å². The Kier molecular flexibility index (Phi) is 8.95. The molecule has 1 atom stereocenters. The van der Waals surface area contributed by atoms with Crippen LogP contribution in [-0.4, -0.2) is 41.9 Å². The van der Waals surface area contributed by atoms with Gasteiger partial charge in [-0.05, 0) is 56.0 Å². The number of hydrogen-bond acceptors (Lipinski definition) is 3. The lowest BCUT2D eigenvalue weighted by Gasteiger charge is -2.31. The molecule has 0 heterocycles. The molecule has 0 aromatic heterocycles. The molecule has 2 aromatic rings. The van der Waals surface area contributed by atoms with Crippen LogP contribution in [0.4, 0.5) is 0 Å². The van der Waals surface area contributed by atoms with E-state index in [2.05, 4.69) is 21.2 Å². The van der Waals surface area contributed by atoms with Crippen molar-refractivity contribution in [2.24, 2.45) is 0 Å². The summed E-state index contributed by atoms with van der Waals surface area (Å²) < 4.78 is 6.64. The third-order valence-electron chi connectivity index (χ3n) is 5.78. The highest BCUT2D eigenvalue weighted by atomic mass is 79.9. The second-order valence-corrected chi connectivity index (χ2v) is 9.00. The zero-order valence-corrected chi connectivity index (χ0v) is 19.6. The first-order valence-corrected chi connectivity index (χ1v) is 11.8. The van der Waals surface area contributed by atoms with Crippen LogP contribution in [0.2, 0.25) is 0 Å². The topological polar surface area (TPSA) is 58.6 Å². The zero-order chi connectivity index (χ0) is 22.1. The number of amides is 2. The van der Waals surface area contributed by atoms with Crippen molar-refractivity contribution in [3.05, 3.63) is 64.6 Å². The molecule has 31 heavy (non-hydrogen) atoms. The van der Waals surface area contributed by atoms with Crippen LogP contribution < -0.4 is 10.1 Å². The molecule has 1 fully saturated rings. The van der Waals surface area contributed by atoms with Crippen molar-refractivity contribution < 1.29 is 14.3 Å². The number of halogens is 1. The monoisotopic (exact) mass is 486 g/mol. The molecule has 0 spiro atoms. The fraction of sp³-hybridized carbons (Fsp3) is 0.440. The van der Waals surface area contributed by atoms with Gasteiger partial charge in [0, 0.05) is 17.1 Å². The Hall–Kier alpha value is -2.34. The van der Waals surface area contributed by atoms with Crippen molar-refractivity contribution >= 4 is 27.7 Å². The summed E-state index contributed by atoms with van der Waals surface area (Å²) in [5, 5.41) is 3.15. The first-order chi connectivity index (χ1) is 15.0.